The molecule has 26 heavy (non-hydrogen) atoms. The van der Waals surface area contributed by atoms with Gasteiger partial charge in [-0.15, -0.1) is 5.10 Å². The number of nitrogens with one attached hydrogen (secondary N) is 2. The monoisotopic (exact) mass is 388 g/mol. The van der Waals surface area contributed by atoms with Gasteiger partial charge in [0.05, 0.1) is 12.7 Å². The number of methoxy groups -OCH3 is 1. The highest BCUT2D eigenvalue weighted by molar-refractivity contribution is 7.99. The normalized spacial score (nSPS) is 10.5. The lowest BCUT2D eigenvalue weighted by atomic mass is 10.2. The number of carbonyl (C=O) groups excluding carboxylic acids is 1. The van der Waals surface area contributed by atoms with Gasteiger partial charge in [0.1, 0.15) is 5.75 Å². The first-order valence-electron chi connectivity index (χ1n) is 7.89. The second-order valence-electron chi connectivity index (χ2n) is 5.28. The zero-order valence-electron chi connectivity index (χ0n) is 14.0. The van der Waals surface area contributed by atoms with Crippen LogP contribution in [0.3, 0.4) is 0 Å². The lowest BCUT2D eigenvalue weighted by molar-refractivity contribution is 0.0953. The molecule has 0 aliphatic carbocycles. The Balaban J connectivity index is 1.51. The van der Waals surface area contributed by atoms with E-state index in [4.69, 9.17) is 16.3 Å². The number of aromatic amines is 1. The molecular weight excluding hydrogens is 372 g/mol. The quantitative estimate of drug-likeness (QED) is 0.477. The van der Waals surface area contributed by atoms with Gasteiger partial charge in [-0.25, -0.2) is 4.98 Å². The van der Waals surface area contributed by atoms with Gasteiger partial charge in [0, 0.05) is 22.9 Å². The Kier molecular flexibility index (Phi) is 6.14. The van der Waals surface area contributed by atoms with E-state index in [0.717, 1.165) is 11.4 Å². The predicted octanol–water partition coefficient (Wildman–Crippen LogP) is 3.66. The Labute approximate surface area is 160 Å². The van der Waals surface area contributed by atoms with E-state index in [2.05, 4.69) is 20.5 Å². The Hall–Kier alpha value is -2.51. The first-order valence-corrected chi connectivity index (χ1v) is 9.26. The van der Waals surface area contributed by atoms with Gasteiger partial charge in [0.2, 0.25) is 5.16 Å². The highest BCUT2D eigenvalue weighted by Gasteiger charge is 2.12. The highest BCUT2D eigenvalue weighted by atomic mass is 35.5. The van der Waals surface area contributed by atoms with E-state index in [1.807, 2.05) is 30.3 Å². The summed E-state index contributed by atoms with van der Waals surface area (Å²) in [6.07, 6.45) is 0. The molecule has 0 fully saturated rings. The molecule has 6 nitrogen and oxygen atoms in total. The van der Waals surface area contributed by atoms with Crippen molar-refractivity contribution in [1.29, 1.82) is 0 Å². The molecule has 0 atom stereocenters. The largest absolute Gasteiger partial charge is 0.496 e. The number of aromatic nitrogens is 3. The summed E-state index contributed by atoms with van der Waals surface area (Å²) in [5.41, 5.74) is 1.39. The third-order valence-corrected chi connectivity index (χ3v) is 4.62. The number of benzene rings is 2. The fourth-order valence-corrected chi connectivity index (χ4v) is 3.12. The smallest absolute Gasteiger partial charge is 0.255 e. The van der Waals surface area contributed by atoms with E-state index in [9.17, 15) is 4.79 Å². The van der Waals surface area contributed by atoms with E-state index in [-0.39, 0.29) is 5.91 Å². The van der Waals surface area contributed by atoms with Gasteiger partial charge in [-0.05, 0) is 18.2 Å². The number of thioether (sulfide) groups is 1. The minimum Gasteiger partial charge on any atom is -0.496 e. The summed E-state index contributed by atoms with van der Waals surface area (Å²) in [7, 11) is 1.52. The summed E-state index contributed by atoms with van der Waals surface area (Å²) in [6, 6.07) is 14.7. The fourth-order valence-electron chi connectivity index (χ4n) is 2.30. The Morgan fingerprint density at radius 2 is 2.08 bits per heavy atom. The van der Waals surface area contributed by atoms with Crippen molar-refractivity contribution in [2.75, 3.05) is 19.4 Å². The molecule has 0 radical (unpaired) electrons. The predicted molar refractivity (Wildman–Crippen MR) is 103 cm³/mol. The molecule has 1 aromatic heterocycles. The molecule has 1 amide bonds. The Bertz CT molecular complexity index is 886. The van der Waals surface area contributed by atoms with Crippen LogP contribution in [0, 0.1) is 0 Å². The van der Waals surface area contributed by atoms with Crippen molar-refractivity contribution in [1.82, 2.24) is 20.5 Å². The number of halogens is 1. The van der Waals surface area contributed by atoms with Gasteiger partial charge in [-0.2, -0.15) is 0 Å². The average Bonchev–Trinajstić information content (AvgIpc) is 3.14. The topological polar surface area (TPSA) is 79.9 Å². The molecule has 0 bridgehead atoms. The van der Waals surface area contributed by atoms with E-state index in [1.165, 1.54) is 18.9 Å². The van der Waals surface area contributed by atoms with Crippen molar-refractivity contribution in [2.45, 2.75) is 5.16 Å². The fraction of sp³-hybridized carbons (Fsp3) is 0.167. The lowest BCUT2D eigenvalue weighted by Gasteiger charge is -2.09. The van der Waals surface area contributed by atoms with Gasteiger partial charge in [-0.3, -0.25) is 9.89 Å². The number of hydrogen-bond donors (Lipinski definition) is 2. The average molecular weight is 389 g/mol. The maximum Gasteiger partial charge on any atom is 0.255 e. The summed E-state index contributed by atoms with van der Waals surface area (Å²) < 4.78 is 5.19. The van der Waals surface area contributed by atoms with Gasteiger partial charge >= 0.3 is 0 Å². The first-order chi connectivity index (χ1) is 12.7. The summed E-state index contributed by atoms with van der Waals surface area (Å²) >= 11 is 7.41. The molecule has 2 N–H and O–H groups in total. The number of carbonyl (C=O) groups is 1. The molecule has 0 saturated carbocycles. The molecule has 0 saturated heterocycles. The van der Waals surface area contributed by atoms with E-state index < -0.39 is 0 Å². The zero-order valence-corrected chi connectivity index (χ0v) is 15.6. The molecular formula is C18H17ClN4O2S. The van der Waals surface area contributed by atoms with Crippen molar-refractivity contribution in [2.24, 2.45) is 0 Å². The van der Waals surface area contributed by atoms with Crippen LogP contribution < -0.4 is 10.1 Å². The number of hydrogen-bond acceptors (Lipinski definition) is 5. The van der Waals surface area contributed by atoms with Crippen LogP contribution in [0.15, 0.2) is 53.7 Å². The van der Waals surface area contributed by atoms with Crippen LogP contribution in [-0.4, -0.2) is 40.5 Å². The van der Waals surface area contributed by atoms with Crippen LogP contribution in [0.25, 0.3) is 11.4 Å². The molecule has 3 rings (SSSR count). The van der Waals surface area contributed by atoms with Crippen molar-refractivity contribution < 1.29 is 9.53 Å². The molecule has 0 spiro atoms. The van der Waals surface area contributed by atoms with Gasteiger partial charge in [0.25, 0.3) is 5.91 Å². The molecule has 2 aromatic carbocycles. The van der Waals surface area contributed by atoms with Crippen molar-refractivity contribution >= 4 is 29.3 Å². The Morgan fingerprint density at radius 3 is 2.85 bits per heavy atom. The van der Waals surface area contributed by atoms with Crippen molar-refractivity contribution in [3.05, 3.63) is 59.1 Å². The molecule has 0 unspecified atom stereocenters. The highest BCUT2D eigenvalue weighted by Crippen LogP contribution is 2.22. The SMILES string of the molecule is COc1ccc(Cl)cc1C(=O)NCCSc1n[nH]c(-c2ccccc2)n1. The van der Waals surface area contributed by atoms with Crippen molar-refractivity contribution in [3.8, 4) is 17.1 Å². The standard InChI is InChI=1S/C18H17ClN4O2S/c1-25-15-8-7-13(19)11-14(15)17(24)20-9-10-26-18-21-16(22-23-18)12-5-3-2-4-6-12/h2-8,11H,9-10H2,1H3,(H,20,24)(H,21,22,23). The van der Waals surface area contributed by atoms with Gasteiger partial charge in [-0.1, -0.05) is 53.7 Å². The number of nitrogens with zero attached hydrogens (tertiary/aromatic N) is 2. The molecule has 0 aliphatic heterocycles. The summed E-state index contributed by atoms with van der Waals surface area (Å²) in [6.45, 7) is 0.467. The number of ether oxygens (including phenoxy) is 1. The minimum absolute atomic E-state index is 0.232. The maximum atomic E-state index is 12.3. The van der Waals surface area contributed by atoms with Crippen LogP contribution in [0.5, 0.6) is 5.75 Å². The third kappa shape index (κ3) is 4.56. The second-order valence-corrected chi connectivity index (χ2v) is 6.78. The van der Waals surface area contributed by atoms with Crippen LogP contribution >= 0.6 is 23.4 Å². The summed E-state index contributed by atoms with van der Waals surface area (Å²) in [4.78, 5) is 16.7. The van der Waals surface area contributed by atoms with E-state index >= 15 is 0 Å². The van der Waals surface area contributed by atoms with Crippen LogP contribution in [0.2, 0.25) is 5.02 Å². The molecule has 1 heterocycles. The van der Waals surface area contributed by atoms with Gasteiger partial charge in [0.15, 0.2) is 5.82 Å². The minimum atomic E-state index is -0.232. The maximum absolute atomic E-state index is 12.3. The number of H-pyrrole nitrogens is 1. The Morgan fingerprint density at radius 1 is 1.27 bits per heavy atom. The molecule has 8 heteroatoms. The third-order valence-electron chi connectivity index (χ3n) is 3.54. The van der Waals surface area contributed by atoms with Crippen molar-refractivity contribution in [3.63, 3.8) is 0 Å². The van der Waals surface area contributed by atoms with Crippen LogP contribution in [0.4, 0.5) is 0 Å². The second kappa shape index (κ2) is 8.73. The zero-order chi connectivity index (χ0) is 18.4. The molecule has 3 aromatic rings. The first kappa shape index (κ1) is 18.3. The van der Waals surface area contributed by atoms with Gasteiger partial charge < -0.3 is 10.1 Å². The molecule has 0 aliphatic rings. The van der Waals surface area contributed by atoms with E-state index in [0.29, 0.717) is 33.8 Å². The van der Waals surface area contributed by atoms with E-state index in [1.54, 1.807) is 18.2 Å². The molecule has 134 valence electrons. The van der Waals surface area contributed by atoms with Crippen LogP contribution in [-0.2, 0) is 0 Å². The van der Waals surface area contributed by atoms with Crippen LogP contribution in [0.1, 0.15) is 10.4 Å². The summed E-state index contributed by atoms with van der Waals surface area (Å²) in [5.74, 6) is 1.62. The number of amides is 1. The lowest BCUT2D eigenvalue weighted by Crippen LogP contribution is -2.26. The summed E-state index contributed by atoms with van der Waals surface area (Å²) in [5, 5.41) is 11.1. The number of rotatable bonds is 7.